The fraction of sp³-hybridized carbons (Fsp3) is 0.286. The quantitative estimate of drug-likeness (QED) is 0.788. The van der Waals surface area contributed by atoms with Gasteiger partial charge in [-0.15, -0.1) is 0 Å². The summed E-state index contributed by atoms with van der Waals surface area (Å²) in [6.45, 7) is 1.67. The highest BCUT2D eigenvalue weighted by Gasteiger charge is 2.46. The highest BCUT2D eigenvalue weighted by atomic mass is 32.2. The van der Waals surface area contributed by atoms with E-state index in [1.807, 2.05) is 0 Å². The summed E-state index contributed by atoms with van der Waals surface area (Å²) in [7, 11) is 0. The van der Waals surface area contributed by atoms with Gasteiger partial charge in [0.25, 0.3) is 0 Å². The van der Waals surface area contributed by atoms with Crippen LogP contribution in [0.2, 0.25) is 0 Å². The lowest BCUT2D eigenvalue weighted by molar-refractivity contribution is -0.128. The van der Waals surface area contributed by atoms with Crippen LogP contribution in [0.15, 0.2) is 47.5 Å². The predicted octanol–water partition coefficient (Wildman–Crippen LogP) is 4.40. The van der Waals surface area contributed by atoms with Gasteiger partial charge in [0.05, 0.1) is 5.69 Å². The summed E-state index contributed by atoms with van der Waals surface area (Å²) in [6.07, 6.45) is 1.76. The second-order valence-electron chi connectivity index (χ2n) is 7.13. The third kappa shape index (κ3) is 4.48. The van der Waals surface area contributed by atoms with E-state index < -0.39 is 11.1 Å². The Hall–Kier alpha value is -2.74. The van der Waals surface area contributed by atoms with Gasteiger partial charge < -0.3 is 5.32 Å². The lowest BCUT2D eigenvalue weighted by Crippen LogP contribution is -2.35. The van der Waals surface area contributed by atoms with Gasteiger partial charge in [-0.1, -0.05) is 17.8 Å². The van der Waals surface area contributed by atoms with Crippen molar-refractivity contribution < 1.29 is 18.4 Å². The Kier molecular flexibility index (Phi) is 5.36. The van der Waals surface area contributed by atoms with Gasteiger partial charge in [-0.25, -0.2) is 13.8 Å². The number of amides is 2. The van der Waals surface area contributed by atoms with E-state index in [4.69, 9.17) is 0 Å². The number of hydrogen-bond acceptors (Lipinski definition) is 4. The van der Waals surface area contributed by atoms with Crippen molar-refractivity contribution in [2.75, 3.05) is 5.32 Å². The molecule has 0 bridgehead atoms. The maximum absolute atomic E-state index is 13.8. The first kappa shape index (κ1) is 19.6. The molecule has 1 saturated carbocycles. The Bertz CT molecular complexity index is 990. The summed E-state index contributed by atoms with van der Waals surface area (Å²) < 4.78 is 26.8. The minimum atomic E-state index is -0.593. The van der Waals surface area contributed by atoms with Crippen molar-refractivity contribution in [1.29, 1.82) is 0 Å². The average Bonchev–Trinajstić information content (AvgIpc) is 3.46. The monoisotopic (exact) mass is 415 g/mol. The van der Waals surface area contributed by atoms with Crippen LogP contribution in [0.25, 0.3) is 0 Å². The molecule has 8 heteroatoms. The number of hydrogen-bond donors (Lipinski definition) is 1. The van der Waals surface area contributed by atoms with E-state index in [0.29, 0.717) is 22.1 Å². The van der Waals surface area contributed by atoms with E-state index in [0.717, 1.165) is 12.8 Å². The molecule has 1 aliphatic carbocycles. The third-order valence-electron chi connectivity index (χ3n) is 4.76. The number of anilines is 1. The second kappa shape index (κ2) is 7.94. The SMILES string of the molecule is Cc1ccc(N=C2S[C@@H](CC(=O)Nc3ccc(F)cc3)C(=O)N2C2CC2)cc1F. The van der Waals surface area contributed by atoms with Gasteiger partial charge >= 0.3 is 0 Å². The molecule has 2 aromatic rings. The average molecular weight is 415 g/mol. The number of nitrogens with one attached hydrogen (secondary N) is 1. The lowest BCUT2D eigenvalue weighted by atomic mass is 10.2. The second-order valence-corrected chi connectivity index (χ2v) is 8.30. The molecule has 2 aliphatic rings. The molecule has 1 N–H and O–H groups in total. The highest BCUT2D eigenvalue weighted by Crippen LogP contribution is 2.39. The van der Waals surface area contributed by atoms with E-state index in [9.17, 15) is 18.4 Å². The summed E-state index contributed by atoms with van der Waals surface area (Å²) in [5.74, 6) is -1.23. The van der Waals surface area contributed by atoms with Crippen LogP contribution >= 0.6 is 11.8 Å². The Morgan fingerprint density at radius 3 is 2.59 bits per heavy atom. The van der Waals surface area contributed by atoms with E-state index in [2.05, 4.69) is 10.3 Å². The number of carbonyl (C=O) groups excluding carboxylic acids is 2. The van der Waals surface area contributed by atoms with Gasteiger partial charge in [-0.3, -0.25) is 14.5 Å². The first-order valence-electron chi connectivity index (χ1n) is 9.31. The molecule has 29 heavy (non-hydrogen) atoms. The smallest absolute Gasteiger partial charge is 0.242 e. The first-order chi connectivity index (χ1) is 13.9. The predicted molar refractivity (Wildman–Crippen MR) is 109 cm³/mol. The van der Waals surface area contributed by atoms with Crippen molar-refractivity contribution in [3.63, 3.8) is 0 Å². The van der Waals surface area contributed by atoms with Crippen molar-refractivity contribution in [2.45, 2.75) is 37.5 Å². The molecule has 5 nitrogen and oxygen atoms in total. The van der Waals surface area contributed by atoms with Crippen molar-refractivity contribution >= 4 is 40.1 Å². The molecular weight excluding hydrogens is 396 g/mol. The van der Waals surface area contributed by atoms with Gasteiger partial charge in [0.2, 0.25) is 11.8 Å². The number of benzene rings is 2. The zero-order valence-electron chi connectivity index (χ0n) is 15.7. The summed E-state index contributed by atoms with van der Waals surface area (Å²) in [5.41, 5.74) is 1.43. The van der Waals surface area contributed by atoms with Gasteiger partial charge in [0, 0.05) is 18.2 Å². The number of aryl methyl sites for hydroxylation is 1. The fourth-order valence-electron chi connectivity index (χ4n) is 3.04. The van der Waals surface area contributed by atoms with Crippen LogP contribution < -0.4 is 5.32 Å². The largest absolute Gasteiger partial charge is 0.326 e. The molecule has 1 atom stereocenters. The van der Waals surface area contributed by atoms with Crippen LogP contribution in [0.3, 0.4) is 0 Å². The van der Waals surface area contributed by atoms with Crippen molar-refractivity contribution in [1.82, 2.24) is 4.90 Å². The highest BCUT2D eigenvalue weighted by molar-refractivity contribution is 8.15. The molecule has 0 radical (unpaired) electrons. The van der Waals surface area contributed by atoms with E-state index >= 15 is 0 Å². The van der Waals surface area contributed by atoms with E-state index in [1.165, 1.54) is 42.1 Å². The number of aliphatic imine (C=N–C) groups is 1. The van der Waals surface area contributed by atoms with Gasteiger partial charge in [-0.2, -0.15) is 0 Å². The van der Waals surface area contributed by atoms with Crippen LogP contribution in [-0.2, 0) is 9.59 Å². The molecule has 2 amide bonds. The van der Waals surface area contributed by atoms with Crippen LogP contribution in [0.5, 0.6) is 0 Å². The standard InChI is InChI=1S/C21H19F2N3O2S/c1-12-2-5-15(10-17(12)23)25-21-26(16-8-9-16)20(28)18(29-21)11-19(27)24-14-6-3-13(22)4-7-14/h2-7,10,16,18H,8-9,11H2,1H3,(H,24,27)/t18-/m0/s1. The minimum absolute atomic E-state index is 0.0224. The maximum atomic E-state index is 13.8. The topological polar surface area (TPSA) is 61.8 Å². The maximum Gasteiger partial charge on any atom is 0.242 e. The van der Waals surface area contributed by atoms with E-state index in [1.54, 1.807) is 24.0 Å². The van der Waals surface area contributed by atoms with Gasteiger partial charge in [0.15, 0.2) is 5.17 Å². The Morgan fingerprint density at radius 1 is 1.21 bits per heavy atom. The Balaban J connectivity index is 1.49. The number of rotatable bonds is 5. The molecule has 2 fully saturated rings. The molecule has 0 unspecified atom stereocenters. The summed E-state index contributed by atoms with van der Waals surface area (Å²) >= 11 is 1.22. The number of carbonyl (C=O) groups is 2. The van der Waals surface area contributed by atoms with Crippen LogP contribution in [0, 0.1) is 18.6 Å². The zero-order valence-corrected chi connectivity index (χ0v) is 16.5. The molecule has 150 valence electrons. The summed E-state index contributed by atoms with van der Waals surface area (Å²) in [5, 5.41) is 2.58. The van der Waals surface area contributed by atoms with Gasteiger partial charge in [-0.05, 0) is 61.7 Å². The fourth-order valence-corrected chi connectivity index (χ4v) is 4.25. The summed E-state index contributed by atoms with van der Waals surface area (Å²) in [6, 6.07) is 10.2. The molecule has 1 saturated heterocycles. The van der Waals surface area contributed by atoms with Crippen molar-refractivity contribution in [3.8, 4) is 0 Å². The van der Waals surface area contributed by atoms with Crippen molar-refractivity contribution in [2.24, 2.45) is 4.99 Å². The molecule has 2 aromatic carbocycles. The van der Waals surface area contributed by atoms with E-state index in [-0.39, 0.29) is 30.1 Å². The lowest BCUT2D eigenvalue weighted by Gasteiger charge is -2.15. The van der Waals surface area contributed by atoms with Crippen molar-refractivity contribution in [3.05, 3.63) is 59.7 Å². The summed E-state index contributed by atoms with van der Waals surface area (Å²) in [4.78, 5) is 31.3. The number of halogens is 2. The molecule has 0 spiro atoms. The zero-order chi connectivity index (χ0) is 20.5. The molecule has 0 aromatic heterocycles. The van der Waals surface area contributed by atoms with Crippen LogP contribution in [0.1, 0.15) is 24.8 Å². The van der Waals surface area contributed by atoms with Crippen LogP contribution in [0.4, 0.5) is 20.2 Å². The van der Waals surface area contributed by atoms with Crippen LogP contribution in [-0.4, -0.2) is 33.2 Å². The molecule has 1 heterocycles. The Labute approximate surface area is 171 Å². The molecule has 1 aliphatic heterocycles. The Morgan fingerprint density at radius 2 is 1.93 bits per heavy atom. The first-order valence-corrected chi connectivity index (χ1v) is 10.2. The normalized spacial score (nSPS) is 20.4. The van der Waals surface area contributed by atoms with Gasteiger partial charge in [0.1, 0.15) is 16.9 Å². The molecule has 4 rings (SSSR count). The number of amidine groups is 1. The minimum Gasteiger partial charge on any atom is -0.326 e. The third-order valence-corrected chi connectivity index (χ3v) is 5.91. The molecular formula is C21H19F2N3O2S. The number of thioether (sulfide) groups is 1. The number of nitrogens with zero attached hydrogens (tertiary/aromatic N) is 2.